The minimum absolute atomic E-state index is 0.0745. The summed E-state index contributed by atoms with van der Waals surface area (Å²) < 4.78 is 10.1. The Morgan fingerprint density at radius 1 is 1.12 bits per heavy atom. The fraction of sp³-hybridized carbons (Fsp3) is 0.278. The van der Waals surface area contributed by atoms with E-state index in [-0.39, 0.29) is 23.1 Å². The molecule has 0 aliphatic carbocycles. The van der Waals surface area contributed by atoms with E-state index in [1.54, 1.807) is 19.2 Å². The van der Waals surface area contributed by atoms with E-state index in [9.17, 15) is 14.9 Å². The Labute approximate surface area is 155 Å². The number of amides is 1. The molecule has 0 atom stereocenters. The summed E-state index contributed by atoms with van der Waals surface area (Å²) in [5, 5.41) is 13.9. The summed E-state index contributed by atoms with van der Waals surface area (Å²) in [6.45, 7) is 0.442. The normalized spacial score (nSPS) is 10.2. The van der Waals surface area contributed by atoms with Crippen molar-refractivity contribution in [2.24, 2.45) is 0 Å². The van der Waals surface area contributed by atoms with Crippen molar-refractivity contribution in [3.05, 3.63) is 63.7 Å². The SMILES string of the molecule is COc1ccc(CNC(=O)CSCc2ccc(OC)c([N+](=O)[O-])c2)cc1. The molecule has 2 aromatic rings. The molecule has 0 spiro atoms. The minimum Gasteiger partial charge on any atom is -0.497 e. The fourth-order valence-electron chi connectivity index (χ4n) is 2.22. The molecule has 1 N–H and O–H groups in total. The van der Waals surface area contributed by atoms with Crippen LogP contribution < -0.4 is 14.8 Å². The van der Waals surface area contributed by atoms with E-state index in [0.717, 1.165) is 16.9 Å². The van der Waals surface area contributed by atoms with Gasteiger partial charge in [-0.3, -0.25) is 14.9 Å². The van der Waals surface area contributed by atoms with Crippen LogP contribution in [0.2, 0.25) is 0 Å². The number of nitro benzene ring substituents is 1. The van der Waals surface area contributed by atoms with Crippen LogP contribution in [0.5, 0.6) is 11.5 Å². The van der Waals surface area contributed by atoms with E-state index in [0.29, 0.717) is 12.3 Å². The van der Waals surface area contributed by atoms with Crippen molar-refractivity contribution >= 4 is 23.4 Å². The van der Waals surface area contributed by atoms with E-state index in [4.69, 9.17) is 9.47 Å². The second-order valence-electron chi connectivity index (χ2n) is 5.38. The number of rotatable bonds is 9. The minimum atomic E-state index is -0.478. The number of hydrogen-bond donors (Lipinski definition) is 1. The summed E-state index contributed by atoms with van der Waals surface area (Å²) >= 11 is 1.39. The molecule has 0 radical (unpaired) electrons. The average Bonchev–Trinajstić information content (AvgIpc) is 2.66. The molecule has 0 bridgehead atoms. The third-order valence-corrected chi connectivity index (χ3v) is 4.59. The smallest absolute Gasteiger partial charge is 0.311 e. The van der Waals surface area contributed by atoms with E-state index in [2.05, 4.69) is 5.32 Å². The standard InChI is InChI=1S/C18H20N2O5S/c1-24-15-6-3-13(4-7-15)10-19-18(21)12-26-11-14-5-8-17(25-2)16(9-14)20(22)23/h3-9H,10-12H2,1-2H3,(H,19,21). The lowest BCUT2D eigenvalue weighted by Crippen LogP contribution is -2.24. The number of nitro groups is 1. The number of benzene rings is 2. The molecule has 0 aliphatic heterocycles. The number of carbonyl (C=O) groups is 1. The topological polar surface area (TPSA) is 90.7 Å². The van der Waals surface area contributed by atoms with Crippen LogP contribution in [-0.2, 0) is 17.1 Å². The maximum absolute atomic E-state index is 11.9. The Morgan fingerprint density at radius 3 is 2.42 bits per heavy atom. The van der Waals surface area contributed by atoms with Crippen molar-refractivity contribution in [3.8, 4) is 11.5 Å². The first-order valence-electron chi connectivity index (χ1n) is 7.82. The molecule has 1 amide bonds. The zero-order valence-electron chi connectivity index (χ0n) is 14.6. The zero-order valence-corrected chi connectivity index (χ0v) is 15.4. The number of carbonyl (C=O) groups excluding carboxylic acids is 1. The molecule has 26 heavy (non-hydrogen) atoms. The lowest BCUT2D eigenvalue weighted by Gasteiger charge is -2.07. The maximum atomic E-state index is 11.9. The van der Waals surface area contributed by atoms with Gasteiger partial charge in [-0.05, 0) is 29.3 Å². The van der Waals surface area contributed by atoms with Crippen molar-refractivity contribution in [1.82, 2.24) is 5.32 Å². The van der Waals surface area contributed by atoms with Gasteiger partial charge in [0.15, 0.2) is 5.75 Å². The molecule has 138 valence electrons. The van der Waals surface area contributed by atoms with Gasteiger partial charge in [-0.2, -0.15) is 0 Å². The van der Waals surface area contributed by atoms with Gasteiger partial charge >= 0.3 is 5.69 Å². The maximum Gasteiger partial charge on any atom is 0.311 e. The number of nitrogens with one attached hydrogen (secondary N) is 1. The summed E-state index contributed by atoms with van der Waals surface area (Å²) in [6, 6.07) is 12.3. The Balaban J connectivity index is 1.79. The average molecular weight is 376 g/mol. The number of hydrogen-bond acceptors (Lipinski definition) is 6. The van der Waals surface area contributed by atoms with Gasteiger partial charge in [0.1, 0.15) is 5.75 Å². The van der Waals surface area contributed by atoms with E-state index in [1.807, 2.05) is 24.3 Å². The molecule has 2 rings (SSSR count). The summed E-state index contributed by atoms with van der Waals surface area (Å²) in [5.74, 6) is 1.68. The van der Waals surface area contributed by atoms with Crippen LogP contribution in [0.25, 0.3) is 0 Å². The van der Waals surface area contributed by atoms with Gasteiger partial charge in [-0.15, -0.1) is 11.8 Å². The van der Waals surface area contributed by atoms with Crippen LogP contribution in [0, 0.1) is 10.1 Å². The van der Waals surface area contributed by atoms with E-state index in [1.165, 1.54) is 24.9 Å². The Morgan fingerprint density at radius 2 is 1.81 bits per heavy atom. The predicted octanol–water partition coefficient (Wildman–Crippen LogP) is 3.16. The van der Waals surface area contributed by atoms with Gasteiger partial charge in [-0.1, -0.05) is 18.2 Å². The predicted molar refractivity (Wildman–Crippen MR) is 101 cm³/mol. The molecule has 8 heteroatoms. The monoisotopic (exact) mass is 376 g/mol. The number of methoxy groups -OCH3 is 2. The van der Waals surface area contributed by atoms with Crippen molar-refractivity contribution in [3.63, 3.8) is 0 Å². The Bertz CT molecular complexity index is 765. The molecule has 0 aromatic heterocycles. The highest BCUT2D eigenvalue weighted by atomic mass is 32.2. The first kappa shape index (κ1) is 19.6. The van der Waals surface area contributed by atoms with Crippen molar-refractivity contribution in [2.75, 3.05) is 20.0 Å². The second-order valence-corrected chi connectivity index (χ2v) is 6.37. The second kappa shape index (κ2) is 9.67. The summed E-state index contributed by atoms with van der Waals surface area (Å²) in [4.78, 5) is 22.5. The number of ether oxygens (including phenoxy) is 2. The molecule has 7 nitrogen and oxygen atoms in total. The third kappa shape index (κ3) is 5.66. The Kier molecular flexibility index (Phi) is 7.28. The van der Waals surface area contributed by atoms with Crippen molar-refractivity contribution < 1.29 is 19.2 Å². The fourth-order valence-corrected chi connectivity index (χ4v) is 3.03. The van der Waals surface area contributed by atoms with Gasteiger partial charge < -0.3 is 14.8 Å². The number of nitrogens with zero attached hydrogens (tertiary/aromatic N) is 1. The zero-order chi connectivity index (χ0) is 18.9. The molecule has 0 unspecified atom stereocenters. The summed E-state index contributed by atoms with van der Waals surface area (Å²) in [6.07, 6.45) is 0. The molecule has 0 saturated heterocycles. The Hall–Kier alpha value is -2.74. The molecule has 0 saturated carbocycles. The van der Waals surface area contributed by atoms with Gasteiger partial charge in [0.05, 0.1) is 24.9 Å². The van der Waals surface area contributed by atoms with Crippen LogP contribution in [-0.4, -0.2) is 30.8 Å². The van der Waals surface area contributed by atoms with Crippen LogP contribution in [0.4, 0.5) is 5.69 Å². The van der Waals surface area contributed by atoms with Crippen molar-refractivity contribution in [2.45, 2.75) is 12.3 Å². The third-order valence-electron chi connectivity index (χ3n) is 3.59. The highest BCUT2D eigenvalue weighted by molar-refractivity contribution is 7.99. The largest absolute Gasteiger partial charge is 0.497 e. The molecular weight excluding hydrogens is 356 g/mol. The van der Waals surface area contributed by atoms with Crippen LogP contribution in [0.1, 0.15) is 11.1 Å². The summed E-state index contributed by atoms with van der Waals surface area (Å²) in [7, 11) is 3.00. The van der Waals surface area contributed by atoms with Gasteiger partial charge in [0.25, 0.3) is 0 Å². The van der Waals surface area contributed by atoms with Crippen LogP contribution in [0.15, 0.2) is 42.5 Å². The summed E-state index contributed by atoms with van der Waals surface area (Å²) in [5.41, 5.74) is 1.68. The molecule has 2 aromatic carbocycles. The lowest BCUT2D eigenvalue weighted by atomic mass is 10.2. The van der Waals surface area contributed by atoms with Crippen LogP contribution >= 0.6 is 11.8 Å². The highest BCUT2D eigenvalue weighted by Gasteiger charge is 2.15. The lowest BCUT2D eigenvalue weighted by molar-refractivity contribution is -0.385. The van der Waals surface area contributed by atoms with E-state index >= 15 is 0 Å². The van der Waals surface area contributed by atoms with Crippen molar-refractivity contribution in [1.29, 1.82) is 0 Å². The van der Waals surface area contributed by atoms with Gasteiger partial charge in [0, 0.05) is 18.4 Å². The first-order valence-corrected chi connectivity index (χ1v) is 8.97. The highest BCUT2D eigenvalue weighted by Crippen LogP contribution is 2.28. The van der Waals surface area contributed by atoms with Crippen LogP contribution in [0.3, 0.4) is 0 Å². The molecule has 0 aliphatic rings. The quantitative estimate of drug-likeness (QED) is 0.534. The first-order chi connectivity index (χ1) is 12.5. The van der Waals surface area contributed by atoms with E-state index < -0.39 is 4.92 Å². The van der Waals surface area contributed by atoms with Gasteiger partial charge in [-0.25, -0.2) is 0 Å². The molecule has 0 fully saturated rings. The molecular formula is C18H20N2O5S. The molecule has 0 heterocycles. The van der Waals surface area contributed by atoms with Gasteiger partial charge in [0.2, 0.25) is 5.91 Å². The number of thioether (sulfide) groups is 1.